The second-order valence-electron chi connectivity index (χ2n) is 3.77. The summed E-state index contributed by atoms with van der Waals surface area (Å²) in [5, 5.41) is 0. The van der Waals surface area contributed by atoms with Crippen LogP contribution in [0.3, 0.4) is 0 Å². The molecule has 0 spiro atoms. The summed E-state index contributed by atoms with van der Waals surface area (Å²) < 4.78 is 16.7. The fraction of sp³-hybridized carbons (Fsp3) is 0.538. The molecule has 2 nitrogen and oxygen atoms in total. The van der Waals surface area contributed by atoms with E-state index in [0.717, 1.165) is 6.42 Å². The minimum absolute atomic E-state index is 0.599. The summed E-state index contributed by atoms with van der Waals surface area (Å²) in [5.74, 6) is 1.24. The van der Waals surface area contributed by atoms with Gasteiger partial charge in [-0.3, -0.25) is 0 Å². The van der Waals surface area contributed by atoms with E-state index in [9.17, 15) is 4.21 Å². The Balaban J connectivity index is 3.04. The monoisotopic (exact) mass is 239 g/mol. The Morgan fingerprint density at radius 1 is 1.12 bits per heavy atom. The average molecular weight is 239 g/mol. The molecule has 1 aromatic carbocycles. The third kappa shape index (κ3) is 3.34. The van der Waals surface area contributed by atoms with Gasteiger partial charge in [0.2, 0.25) is 0 Å². The van der Waals surface area contributed by atoms with Crippen molar-refractivity contribution in [1.82, 2.24) is 0 Å². The van der Waals surface area contributed by atoms with E-state index in [1.165, 1.54) is 11.1 Å². The van der Waals surface area contributed by atoms with Crippen LogP contribution in [0, 0.1) is 0 Å². The maximum absolute atomic E-state index is 12.4. The molecule has 1 unspecified atom stereocenters. The molecule has 0 radical (unpaired) electrons. The Hall–Kier alpha value is -0.830. The van der Waals surface area contributed by atoms with Gasteiger partial charge in [-0.25, -0.2) is 8.57 Å². The molecule has 3 heteroatoms. The topological polar surface area (TPSA) is 29.4 Å². The molecule has 1 rings (SSSR count). The SMILES string of the molecule is CCN=S(=O)(CC)Cc1ccccc1CC. The number of aryl methyl sites for hydroxylation is 1. The van der Waals surface area contributed by atoms with Gasteiger partial charge in [0, 0.05) is 12.3 Å². The summed E-state index contributed by atoms with van der Waals surface area (Å²) in [4.78, 5) is 0. The molecule has 0 aliphatic heterocycles. The molecule has 0 heterocycles. The zero-order chi connectivity index (χ0) is 12.0. The van der Waals surface area contributed by atoms with Gasteiger partial charge in [0.1, 0.15) is 0 Å². The maximum atomic E-state index is 12.4. The lowest BCUT2D eigenvalue weighted by Gasteiger charge is -2.11. The van der Waals surface area contributed by atoms with E-state index >= 15 is 0 Å². The number of rotatable bonds is 5. The highest BCUT2D eigenvalue weighted by molar-refractivity contribution is 7.92. The third-order valence-corrected chi connectivity index (χ3v) is 5.09. The Morgan fingerprint density at radius 3 is 2.25 bits per heavy atom. The van der Waals surface area contributed by atoms with Crippen molar-refractivity contribution in [2.75, 3.05) is 12.3 Å². The first-order chi connectivity index (χ1) is 7.65. The first kappa shape index (κ1) is 13.2. The number of benzene rings is 1. The van der Waals surface area contributed by atoms with Crippen LogP contribution in [0.2, 0.25) is 0 Å². The van der Waals surface area contributed by atoms with E-state index in [2.05, 4.69) is 23.4 Å². The first-order valence-corrected chi connectivity index (χ1v) is 7.75. The highest BCUT2D eigenvalue weighted by Gasteiger charge is 2.09. The average Bonchev–Trinajstić information content (AvgIpc) is 2.30. The molecule has 0 aliphatic carbocycles. The van der Waals surface area contributed by atoms with Crippen LogP contribution in [0.4, 0.5) is 0 Å². The van der Waals surface area contributed by atoms with Crippen LogP contribution in [0.1, 0.15) is 31.9 Å². The highest BCUT2D eigenvalue weighted by atomic mass is 32.2. The minimum Gasteiger partial charge on any atom is -0.249 e. The first-order valence-electron chi connectivity index (χ1n) is 5.90. The molecular weight excluding hydrogens is 218 g/mol. The standard InChI is InChI=1S/C13H21NOS/c1-4-12-9-7-8-10-13(12)11-16(15,6-3)14-5-2/h7-10H,4-6,11H2,1-3H3. The van der Waals surface area contributed by atoms with Crippen molar-refractivity contribution in [2.45, 2.75) is 32.9 Å². The molecule has 16 heavy (non-hydrogen) atoms. The zero-order valence-electron chi connectivity index (χ0n) is 10.4. The van der Waals surface area contributed by atoms with E-state index < -0.39 is 9.73 Å². The van der Waals surface area contributed by atoms with Crippen LogP contribution in [0.15, 0.2) is 28.6 Å². The van der Waals surface area contributed by atoms with Gasteiger partial charge in [-0.15, -0.1) is 0 Å². The van der Waals surface area contributed by atoms with Crippen molar-refractivity contribution in [2.24, 2.45) is 4.36 Å². The lowest BCUT2D eigenvalue weighted by Crippen LogP contribution is -2.09. The van der Waals surface area contributed by atoms with Crippen LogP contribution in [-0.4, -0.2) is 16.5 Å². The molecular formula is C13H21NOS. The van der Waals surface area contributed by atoms with Crippen molar-refractivity contribution in [1.29, 1.82) is 0 Å². The predicted octanol–water partition coefficient (Wildman–Crippen LogP) is 3.26. The largest absolute Gasteiger partial charge is 0.249 e. The Kier molecular flexibility index (Phi) is 5.00. The normalized spacial score (nSPS) is 14.4. The van der Waals surface area contributed by atoms with E-state index in [4.69, 9.17) is 0 Å². The maximum Gasteiger partial charge on any atom is 0.0570 e. The molecule has 0 N–H and O–H groups in total. The quantitative estimate of drug-likeness (QED) is 0.775. The summed E-state index contributed by atoms with van der Waals surface area (Å²) in [6, 6.07) is 8.22. The molecule has 0 saturated carbocycles. The van der Waals surface area contributed by atoms with Gasteiger partial charge in [0.15, 0.2) is 0 Å². The molecule has 0 aromatic heterocycles. The van der Waals surface area contributed by atoms with E-state index in [-0.39, 0.29) is 0 Å². The number of hydrogen-bond donors (Lipinski definition) is 0. The molecule has 0 saturated heterocycles. The van der Waals surface area contributed by atoms with Crippen LogP contribution in [0.25, 0.3) is 0 Å². The van der Waals surface area contributed by atoms with Gasteiger partial charge < -0.3 is 0 Å². The van der Waals surface area contributed by atoms with Gasteiger partial charge >= 0.3 is 0 Å². The van der Waals surface area contributed by atoms with Gasteiger partial charge in [0.05, 0.1) is 15.5 Å². The number of hydrogen-bond acceptors (Lipinski definition) is 2. The number of nitrogens with zero attached hydrogens (tertiary/aromatic N) is 1. The Bertz CT molecular complexity index is 445. The molecule has 1 atom stereocenters. The van der Waals surface area contributed by atoms with Crippen LogP contribution < -0.4 is 0 Å². The van der Waals surface area contributed by atoms with Crippen molar-refractivity contribution in [3.8, 4) is 0 Å². The molecule has 0 amide bonds. The lowest BCUT2D eigenvalue weighted by atomic mass is 10.1. The smallest absolute Gasteiger partial charge is 0.0570 e. The van der Waals surface area contributed by atoms with Crippen molar-refractivity contribution in [3.05, 3.63) is 35.4 Å². The minimum atomic E-state index is -2.04. The lowest BCUT2D eigenvalue weighted by molar-refractivity contribution is 0.675. The third-order valence-electron chi connectivity index (χ3n) is 2.70. The summed E-state index contributed by atoms with van der Waals surface area (Å²) >= 11 is 0. The van der Waals surface area contributed by atoms with Crippen LogP contribution in [0.5, 0.6) is 0 Å². The van der Waals surface area contributed by atoms with E-state index in [1.54, 1.807) is 0 Å². The summed E-state index contributed by atoms with van der Waals surface area (Å²) in [5.41, 5.74) is 2.48. The van der Waals surface area contributed by atoms with E-state index in [1.807, 2.05) is 26.0 Å². The van der Waals surface area contributed by atoms with Crippen LogP contribution in [-0.2, 0) is 21.9 Å². The van der Waals surface area contributed by atoms with Gasteiger partial charge in [0.25, 0.3) is 0 Å². The fourth-order valence-corrected chi connectivity index (χ4v) is 3.48. The molecule has 90 valence electrons. The molecule has 0 fully saturated rings. The Morgan fingerprint density at radius 2 is 1.75 bits per heavy atom. The second kappa shape index (κ2) is 6.04. The molecule has 1 aromatic rings. The predicted molar refractivity (Wildman–Crippen MR) is 71.2 cm³/mol. The van der Waals surface area contributed by atoms with Crippen molar-refractivity contribution < 1.29 is 4.21 Å². The van der Waals surface area contributed by atoms with E-state index in [0.29, 0.717) is 18.1 Å². The summed E-state index contributed by atoms with van der Waals surface area (Å²) in [7, 11) is -2.04. The van der Waals surface area contributed by atoms with Crippen molar-refractivity contribution in [3.63, 3.8) is 0 Å². The van der Waals surface area contributed by atoms with Gasteiger partial charge in [-0.2, -0.15) is 0 Å². The Labute approximate surface area is 99.3 Å². The second-order valence-corrected chi connectivity index (χ2v) is 6.44. The van der Waals surface area contributed by atoms with Gasteiger partial charge in [-0.05, 0) is 24.5 Å². The zero-order valence-corrected chi connectivity index (χ0v) is 11.2. The summed E-state index contributed by atoms with van der Waals surface area (Å²) in [6.07, 6.45) is 0.988. The molecule has 0 aliphatic rings. The highest BCUT2D eigenvalue weighted by Crippen LogP contribution is 2.15. The summed E-state index contributed by atoms with van der Waals surface area (Å²) in [6.45, 7) is 6.67. The fourth-order valence-electron chi connectivity index (χ4n) is 1.76. The van der Waals surface area contributed by atoms with Gasteiger partial charge in [-0.1, -0.05) is 38.1 Å². The van der Waals surface area contributed by atoms with Crippen molar-refractivity contribution >= 4 is 9.73 Å². The van der Waals surface area contributed by atoms with Crippen LogP contribution >= 0.6 is 0 Å². The molecule has 0 bridgehead atoms.